The van der Waals surface area contributed by atoms with Gasteiger partial charge in [0.05, 0.1) is 0 Å². The summed E-state index contributed by atoms with van der Waals surface area (Å²) in [6.45, 7) is 2.29. The van der Waals surface area contributed by atoms with Crippen LogP contribution in [0.5, 0.6) is 0 Å². The van der Waals surface area contributed by atoms with Crippen molar-refractivity contribution in [2.45, 2.75) is 64.7 Å². The molecule has 2 nitrogen and oxygen atoms in total. The summed E-state index contributed by atoms with van der Waals surface area (Å²) < 4.78 is 0. The molecule has 102 valence electrons. The normalized spacial score (nSPS) is 33.1. The Morgan fingerprint density at radius 1 is 1.11 bits per heavy atom. The molecule has 1 saturated carbocycles. The molecule has 1 atom stereocenters. The molecule has 2 rings (SSSR count). The van der Waals surface area contributed by atoms with Gasteiger partial charge < -0.3 is 10.0 Å². The molecule has 0 radical (unpaired) electrons. The smallest absolute Gasteiger partial charge is 0.423 e. The Morgan fingerprint density at radius 2 is 1.83 bits per heavy atom. The van der Waals surface area contributed by atoms with E-state index in [0.29, 0.717) is 0 Å². The highest BCUT2D eigenvalue weighted by Crippen LogP contribution is 2.40. The van der Waals surface area contributed by atoms with E-state index in [-0.39, 0.29) is 0 Å². The second kappa shape index (κ2) is 6.77. The standard InChI is InChI=1S/C15H27BO2/c1-2-3-12-4-6-13(7-5-12)14-8-10-15(11-9-14)16(17)18/h10,12-14,17-18H,2-9,11H2,1H3. The molecule has 2 aliphatic carbocycles. The third kappa shape index (κ3) is 3.61. The molecule has 3 heteroatoms. The number of rotatable bonds is 4. The third-order valence-electron chi connectivity index (χ3n) is 5.07. The van der Waals surface area contributed by atoms with Crippen LogP contribution in [0.3, 0.4) is 0 Å². The molecule has 0 aliphatic heterocycles. The first-order valence-corrected chi connectivity index (χ1v) is 7.75. The van der Waals surface area contributed by atoms with Crippen LogP contribution in [0.1, 0.15) is 64.7 Å². The number of allylic oxidation sites excluding steroid dienone is 2. The SMILES string of the molecule is CCCC1CCC(C2CC=C(B(O)O)CC2)CC1. The van der Waals surface area contributed by atoms with Gasteiger partial charge in [-0.15, -0.1) is 0 Å². The largest absolute Gasteiger partial charge is 0.483 e. The Labute approximate surface area is 112 Å². The second-order valence-corrected chi connectivity index (χ2v) is 6.26. The van der Waals surface area contributed by atoms with E-state index in [1.807, 2.05) is 0 Å². The maximum absolute atomic E-state index is 9.15. The molecule has 0 bridgehead atoms. The van der Waals surface area contributed by atoms with Crippen LogP contribution in [0.2, 0.25) is 0 Å². The monoisotopic (exact) mass is 250 g/mol. The highest BCUT2D eigenvalue weighted by Gasteiger charge is 2.29. The van der Waals surface area contributed by atoms with Gasteiger partial charge in [0.2, 0.25) is 0 Å². The van der Waals surface area contributed by atoms with E-state index in [4.69, 9.17) is 10.0 Å². The molecule has 0 saturated heterocycles. The number of hydrogen-bond acceptors (Lipinski definition) is 2. The summed E-state index contributed by atoms with van der Waals surface area (Å²) in [6, 6.07) is 0. The average molecular weight is 250 g/mol. The van der Waals surface area contributed by atoms with Gasteiger partial charge in [0.1, 0.15) is 0 Å². The van der Waals surface area contributed by atoms with Crippen molar-refractivity contribution in [2.24, 2.45) is 17.8 Å². The fourth-order valence-electron chi connectivity index (χ4n) is 3.89. The molecule has 2 aliphatic rings. The summed E-state index contributed by atoms with van der Waals surface area (Å²) in [7, 11) is -1.22. The lowest BCUT2D eigenvalue weighted by atomic mass is 9.66. The molecule has 1 unspecified atom stereocenters. The summed E-state index contributed by atoms with van der Waals surface area (Å²) in [6.07, 6.45) is 13.6. The van der Waals surface area contributed by atoms with Crippen molar-refractivity contribution in [1.29, 1.82) is 0 Å². The van der Waals surface area contributed by atoms with Crippen molar-refractivity contribution in [3.63, 3.8) is 0 Å². The maximum Gasteiger partial charge on any atom is 0.483 e. The minimum atomic E-state index is -1.22. The molecule has 2 N–H and O–H groups in total. The van der Waals surface area contributed by atoms with Crippen LogP contribution in [0.15, 0.2) is 11.5 Å². The highest BCUT2D eigenvalue weighted by molar-refractivity contribution is 6.50. The van der Waals surface area contributed by atoms with Crippen LogP contribution in [0, 0.1) is 17.8 Å². The molecular formula is C15H27BO2. The highest BCUT2D eigenvalue weighted by atomic mass is 16.4. The molecule has 0 aromatic carbocycles. The van der Waals surface area contributed by atoms with Crippen LogP contribution in [-0.4, -0.2) is 17.2 Å². The zero-order valence-corrected chi connectivity index (χ0v) is 11.6. The first kappa shape index (κ1) is 14.1. The molecule has 0 aromatic rings. The van der Waals surface area contributed by atoms with Gasteiger partial charge in [-0.25, -0.2) is 0 Å². The zero-order chi connectivity index (χ0) is 13.0. The van der Waals surface area contributed by atoms with Crippen molar-refractivity contribution >= 4 is 7.12 Å². The van der Waals surface area contributed by atoms with Gasteiger partial charge in [-0.3, -0.25) is 0 Å². The minimum Gasteiger partial charge on any atom is -0.423 e. The maximum atomic E-state index is 9.15. The van der Waals surface area contributed by atoms with Crippen molar-refractivity contribution in [3.05, 3.63) is 11.5 Å². The topological polar surface area (TPSA) is 40.5 Å². The molecular weight excluding hydrogens is 223 g/mol. The van der Waals surface area contributed by atoms with Gasteiger partial charge in [-0.1, -0.05) is 38.7 Å². The Bertz CT molecular complexity index is 280. The van der Waals surface area contributed by atoms with E-state index in [0.717, 1.165) is 42.5 Å². The molecule has 18 heavy (non-hydrogen) atoms. The average Bonchev–Trinajstić information content (AvgIpc) is 2.40. The predicted octanol–water partition coefficient (Wildman–Crippen LogP) is 3.33. The Kier molecular flexibility index (Phi) is 5.31. The fourth-order valence-corrected chi connectivity index (χ4v) is 3.89. The summed E-state index contributed by atoms with van der Waals surface area (Å²) in [5.74, 6) is 2.68. The van der Waals surface area contributed by atoms with Gasteiger partial charge in [-0.2, -0.15) is 0 Å². The molecule has 0 amide bonds. The first-order chi connectivity index (χ1) is 8.70. The fraction of sp³-hybridized carbons (Fsp3) is 0.867. The van der Waals surface area contributed by atoms with Crippen LogP contribution in [-0.2, 0) is 0 Å². The molecule has 0 aromatic heterocycles. The zero-order valence-electron chi connectivity index (χ0n) is 11.6. The predicted molar refractivity (Wildman–Crippen MR) is 76.0 cm³/mol. The van der Waals surface area contributed by atoms with Crippen LogP contribution >= 0.6 is 0 Å². The van der Waals surface area contributed by atoms with Gasteiger partial charge in [0, 0.05) is 0 Å². The van der Waals surface area contributed by atoms with Crippen molar-refractivity contribution in [2.75, 3.05) is 0 Å². The quantitative estimate of drug-likeness (QED) is 0.751. The van der Waals surface area contributed by atoms with Crippen molar-refractivity contribution in [3.8, 4) is 0 Å². The summed E-state index contributed by atoms with van der Waals surface area (Å²) in [4.78, 5) is 0. The van der Waals surface area contributed by atoms with Gasteiger partial charge in [0.25, 0.3) is 0 Å². The van der Waals surface area contributed by atoms with Crippen LogP contribution in [0.4, 0.5) is 0 Å². The molecule has 0 spiro atoms. The van der Waals surface area contributed by atoms with E-state index >= 15 is 0 Å². The van der Waals surface area contributed by atoms with Gasteiger partial charge in [0.15, 0.2) is 0 Å². The van der Waals surface area contributed by atoms with Crippen LogP contribution in [0.25, 0.3) is 0 Å². The van der Waals surface area contributed by atoms with Gasteiger partial charge in [-0.05, 0) is 55.3 Å². The lowest BCUT2D eigenvalue weighted by Crippen LogP contribution is -2.26. The van der Waals surface area contributed by atoms with Crippen molar-refractivity contribution < 1.29 is 10.0 Å². The van der Waals surface area contributed by atoms with Crippen molar-refractivity contribution in [1.82, 2.24) is 0 Å². The molecule has 1 fully saturated rings. The summed E-state index contributed by atoms with van der Waals surface area (Å²) >= 11 is 0. The van der Waals surface area contributed by atoms with Gasteiger partial charge >= 0.3 is 7.12 Å². The second-order valence-electron chi connectivity index (χ2n) is 6.26. The van der Waals surface area contributed by atoms with E-state index in [1.54, 1.807) is 0 Å². The van der Waals surface area contributed by atoms with E-state index in [9.17, 15) is 0 Å². The molecule has 0 heterocycles. The Morgan fingerprint density at radius 3 is 2.33 bits per heavy atom. The lowest BCUT2D eigenvalue weighted by Gasteiger charge is -2.35. The Hall–Kier alpha value is -0.275. The van der Waals surface area contributed by atoms with Crippen LogP contribution < -0.4 is 0 Å². The lowest BCUT2D eigenvalue weighted by molar-refractivity contribution is 0.187. The Balaban J connectivity index is 1.78. The summed E-state index contributed by atoms with van der Waals surface area (Å²) in [5.41, 5.74) is 0.839. The van der Waals surface area contributed by atoms with E-state index in [2.05, 4.69) is 13.0 Å². The first-order valence-electron chi connectivity index (χ1n) is 7.75. The van der Waals surface area contributed by atoms with E-state index in [1.165, 1.54) is 38.5 Å². The summed E-state index contributed by atoms with van der Waals surface area (Å²) in [5, 5.41) is 18.3. The van der Waals surface area contributed by atoms with E-state index < -0.39 is 7.12 Å². The number of hydrogen-bond donors (Lipinski definition) is 2. The minimum absolute atomic E-state index is 0.801. The third-order valence-corrected chi connectivity index (χ3v) is 5.07.